The molecule has 0 aliphatic carbocycles. The molecule has 2 unspecified atom stereocenters. The summed E-state index contributed by atoms with van der Waals surface area (Å²) in [5.74, 6) is 0. The van der Waals surface area contributed by atoms with E-state index in [2.05, 4.69) is 56.9 Å². The van der Waals surface area contributed by atoms with Crippen LogP contribution in [0.15, 0.2) is 24.3 Å². The van der Waals surface area contributed by atoms with E-state index in [0.717, 1.165) is 0 Å². The van der Waals surface area contributed by atoms with Crippen molar-refractivity contribution in [3.63, 3.8) is 0 Å². The minimum Gasteiger partial charge on any atom is -0.323 e. The van der Waals surface area contributed by atoms with Crippen molar-refractivity contribution in [3.05, 3.63) is 35.4 Å². The van der Waals surface area contributed by atoms with Gasteiger partial charge < -0.3 is 5.73 Å². The molecule has 20 heavy (non-hydrogen) atoms. The Hall–Kier alpha value is -0.860. The first-order valence-electron chi connectivity index (χ1n) is 8.07. The van der Waals surface area contributed by atoms with Gasteiger partial charge in [-0.25, -0.2) is 0 Å². The number of hydrogen-bond acceptors (Lipinski definition) is 2. The molecule has 1 aromatic rings. The zero-order valence-corrected chi connectivity index (χ0v) is 13.5. The fourth-order valence-corrected chi connectivity index (χ4v) is 3.44. The fourth-order valence-electron chi connectivity index (χ4n) is 3.44. The minimum absolute atomic E-state index is 0.111. The predicted molar refractivity (Wildman–Crippen MR) is 86.8 cm³/mol. The van der Waals surface area contributed by atoms with Crippen molar-refractivity contribution < 1.29 is 0 Å². The molecule has 1 aliphatic rings. The molecule has 2 N–H and O–H groups in total. The smallest absolute Gasteiger partial charge is 0.0450 e. The second-order valence-electron chi connectivity index (χ2n) is 6.60. The quantitative estimate of drug-likeness (QED) is 0.882. The van der Waals surface area contributed by atoms with E-state index in [9.17, 15) is 0 Å². The summed E-state index contributed by atoms with van der Waals surface area (Å²) < 4.78 is 0. The molecule has 112 valence electrons. The minimum atomic E-state index is 0.111. The molecule has 1 aliphatic heterocycles. The molecule has 2 nitrogen and oxygen atoms in total. The molecule has 1 heterocycles. The van der Waals surface area contributed by atoms with E-state index in [1.807, 2.05) is 0 Å². The van der Waals surface area contributed by atoms with Crippen LogP contribution in [0.5, 0.6) is 0 Å². The van der Waals surface area contributed by atoms with E-state index < -0.39 is 0 Å². The lowest BCUT2D eigenvalue weighted by atomic mass is 9.82. The van der Waals surface area contributed by atoms with Crippen LogP contribution in [-0.4, -0.2) is 24.0 Å². The molecule has 2 atom stereocenters. The number of nitrogens with zero attached hydrogens (tertiary/aromatic N) is 1. The van der Waals surface area contributed by atoms with Crippen LogP contribution in [0.3, 0.4) is 0 Å². The molecular formula is C18H30N2. The van der Waals surface area contributed by atoms with Gasteiger partial charge in [0.25, 0.3) is 0 Å². The SMILES string of the molecule is CCC1(CC)CCN(C(C)C(N)c2ccc(C)cc2)C1. The molecule has 0 spiro atoms. The molecule has 1 fully saturated rings. The predicted octanol–water partition coefficient (Wildman–Crippen LogP) is 3.90. The van der Waals surface area contributed by atoms with Gasteiger partial charge in [-0.3, -0.25) is 4.90 Å². The monoisotopic (exact) mass is 274 g/mol. The summed E-state index contributed by atoms with van der Waals surface area (Å²) >= 11 is 0. The van der Waals surface area contributed by atoms with Gasteiger partial charge in [-0.15, -0.1) is 0 Å². The highest BCUT2D eigenvalue weighted by Gasteiger charge is 2.37. The first-order valence-corrected chi connectivity index (χ1v) is 8.07. The second kappa shape index (κ2) is 6.28. The first kappa shape index (κ1) is 15.5. The molecule has 0 bridgehead atoms. The van der Waals surface area contributed by atoms with Crippen molar-refractivity contribution in [2.45, 2.75) is 59.0 Å². The number of benzene rings is 1. The largest absolute Gasteiger partial charge is 0.323 e. The van der Waals surface area contributed by atoms with Crippen LogP contribution in [0.2, 0.25) is 0 Å². The van der Waals surface area contributed by atoms with Crippen molar-refractivity contribution in [1.82, 2.24) is 4.90 Å². The fraction of sp³-hybridized carbons (Fsp3) is 0.667. The van der Waals surface area contributed by atoms with Crippen molar-refractivity contribution in [2.75, 3.05) is 13.1 Å². The molecule has 0 saturated carbocycles. The summed E-state index contributed by atoms with van der Waals surface area (Å²) in [7, 11) is 0. The van der Waals surface area contributed by atoms with Crippen molar-refractivity contribution in [1.29, 1.82) is 0 Å². The third-order valence-corrected chi connectivity index (χ3v) is 5.53. The Morgan fingerprint density at radius 2 is 1.80 bits per heavy atom. The summed E-state index contributed by atoms with van der Waals surface area (Å²) in [6.45, 7) is 11.5. The summed E-state index contributed by atoms with van der Waals surface area (Å²) in [5.41, 5.74) is 9.58. The molecular weight excluding hydrogens is 244 g/mol. The third-order valence-electron chi connectivity index (χ3n) is 5.53. The lowest BCUT2D eigenvalue weighted by Crippen LogP contribution is -2.40. The van der Waals surface area contributed by atoms with Gasteiger partial charge in [0.1, 0.15) is 0 Å². The maximum atomic E-state index is 6.50. The lowest BCUT2D eigenvalue weighted by molar-refractivity contribution is 0.184. The maximum absolute atomic E-state index is 6.50. The van der Waals surface area contributed by atoms with E-state index in [1.165, 1.54) is 43.5 Å². The standard InChI is InChI=1S/C18H30N2/c1-5-18(6-2)11-12-20(13-18)15(4)17(19)16-9-7-14(3)8-10-16/h7-10,15,17H,5-6,11-13,19H2,1-4H3. The van der Waals surface area contributed by atoms with Crippen molar-refractivity contribution in [2.24, 2.45) is 11.1 Å². The second-order valence-corrected chi connectivity index (χ2v) is 6.60. The Kier molecular flexibility index (Phi) is 4.87. The molecule has 0 aromatic heterocycles. The Bertz CT molecular complexity index is 420. The van der Waals surface area contributed by atoms with Crippen LogP contribution in [0.4, 0.5) is 0 Å². The lowest BCUT2D eigenvalue weighted by Gasteiger charge is -2.32. The van der Waals surface area contributed by atoms with Crippen LogP contribution in [-0.2, 0) is 0 Å². The maximum Gasteiger partial charge on any atom is 0.0450 e. The van der Waals surface area contributed by atoms with E-state index in [4.69, 9.17) is 5.73 Å². The zero-order chi connectivity index (χ0) is 14.8. The number of likely N-dealkylation sites (tertiary alicyclic amines) is 1. The van der Waals surface area contributed by atoms with Gasteiger partial charge in [0.05, 0.1) is 0 Å². The highest BCUT2D eigenvalue weighted by Crippen LogP contribution is 2.38. The molecule has 0 amide bonds. The Labute approximate surface area is 124 Å². The Morgan fingerprint density at radius 3 is 2.30 bits per heavy atom. The average Bonchev–Trinajstić information content (AvgIpc) is 2.92. The third kappa shape index (κ3) is 3.07. The molecule has 1 saturated heterocycles. The van der Waals surface area contributed by atoms with Gasteiger partial charge in [-0.1, -0.05) is 43.7 Å². The van der Waals surface area contributed by atoms with E-state index in [0.29, 0.717) is 11.5 Å². The van der Waals surface area contributed by atoms with E-state index >= 15 is 0 Å². The highest BCUT2D eigenvalue weighted by atomic mass is 15.2. The number of nitrogens with two attached hydrogens (primary N) is 1. The van der Waals surface area contributed by atoms with Gasteiger partial charge in [0, 0.05) is 18.6 Å². The van der Waals surface area contributed by atoms with Crippen molar-refractivity contribution >= 4 is 0 Å². The topological polar surface area (TPSA) is 29.3 Å². The summed E-state index contributed by atoms with van der Waals surface area (Å²) in [4.78, 5) is 2.59. The van der Waals surface area contributed by atoms with Crippen LogP contribution in [0, 0.1) is 12.3 Å². The number of hydrogen-bond donors (Lipinski definition) is 1. The highest BCUT2D eigenvalue weighted by molar-refractivity contribution is 5.25. The van der Waals surface area contributed by atoms with Gasteiger partial charge in [-0.05, 0) is 50.6 Å². The van der Waals surface area contributed by atoms with Gasteiger partial charge in [-0.2, -0.15) is 0 Å². The van der Waals surface area contributed by atoms with Crippen LogP contribution in [0.1, 0.15) is 57.2 Å². The van der Waals surface area contributed by atoms with Crippen LogP contribution in [0.25, 0.3) is 0 Å². The number of aryl methyl sites for hydroxylation is 1. The Balaban J connectivity index is 2.04. The summed E-state index contributed by atoms with van der Waals surface area (Å²) in [6, 6.07) is 9.21. The van der Waals surface area contributed by atoms with Crippen molar-refractivity contribution in [3.8, 4) is 0 Å². The average molecular weight is 274 g/mol. The first-order chi connectivity index (χ1) is 9.51. The van der Waals surface area contributed by atoms with E-state index in [1.54, 1.807) is 0 Å². The molecule has 2 heteroatoms. The summed E-state index contributed by atoms with van der Waals surface area (Å²) in [6.07, 6.45) is 3.89. The zero-order valence-electron chi connectivity index (χ0n) is 13.5. The molecule has 0 radical (unpaired) electrons. The summed E-state index contributed by atoms with van der Waals surface area (Å²) in [5, 5.41) is 0. The van der Waals surface area contributed by atoms with Gasteiger partial charge in [0.15, 0.2) is 0 Å². The van der Waals surface area contributed by atoms with E-state index in [-0.39, 0.29) is 6.04 Å². The molecule has 1 aromatic carbocycles. The molecule has 2 rings (SSSR count). The Morgan fingerprint density at radius 1 is 1.20 bits per heavy atom. The van der Waals surface area contributed by atoms with Crippen LogP contribution >= 0.6 is 0 Å². The number of rotatable bonds is 5. The van der Waals surface area contributed by atoms with Gasteiger partial charge >= 0.3 is 0 Å². The normalized spacial score (nSPS) is 21.9. The van der Waals surface area contributed by atoms with Gasteiger partial charge in [0.2, 0.25) is 0 Å². The van der Waals surface area contributed by atoms with Crippen LogP contribution < -0.4 is 5.73 Å².